The van der Waals surface area contributed by atoms with Crippen LogP contribution in [0.15, 0.2) is 17.2 Å². The highest BCUT2D eigenvalue weighted by atomic mass is 16.5. The molecule has 0 aliphatic rings. The van der Waals surface area contributed by atoms with Gasteiger partial charge in [0.2, 0.25) is 0 Å². The third kappa shape index (κ3) is 4.26. The van der Waals surface area contributed by atoms with E-state index in [-0.39, 0.29) is 17.9 Å². The predicted octanol–water partition coefficient (Wildman–Crippen LogP) is 0.135. The molecule has 1 rings (SSSR count). The quantitative estimate of drug-likeness (QED) is 0.676. The van der Waals surface area contributed by atoms with Crippen LogP contribution in [0.2, 0.25) is 0 Å². The van der Waals surface area contributed by atoms with Crippen LogP contribution >= 0.6 is 0 Å². The van der Waals surface area contributed by atoms with Crippen molar-refractivity contribution in [2.24, 2.45) is 0 Å². The lowest BCUT2D eigenvalue weighted by Gasteiger charge is -2.04. The lowest BCUT2D eigenvalue weighted by atomic mass is 10.4. The number of carbonyl (C=O) groups excluding carboxylic acids is 1. The number of hydrogen-bond acceptors (Lipinski definition) is 5. The van der Waals surface area contributed by atoms with Crippen LogP contribution < -0.4 is 10.9 Å². The van der Waals surface area contributed by atoms with Crippen molar-refractivity contribution in [1.82, 2.24) is 9.97 Å². The summed E-state index contributed by atoms with van der Waals surface area (Å²) in [5, 5.41) is 2.84. The fourth-order valence-corrected chi connectivity index (χ4v) is 0.991. The number of hydrogen-bond donors (Lipinski definition) is 2. The Morgan fingerprint density at radius 1 is 1.67 bits per heavy atom. The molecule has 0 amide bonds. The van der Waals surface area contributed by atoms with E-state index in [2.05, 4.69) is 15.3 Å². The first-order chi connectivity index (χ1) is 7.22. The molecule has 6 heteroatoms. The van der Waals surface area contributed by atoms with Gasteiger partial charge in [-0.2, -0.15) is 0 Å². The monoisotopic (exact) mass is 211 g/mol. The molecule has 0 saturated heterocycles. The van der Waals surface area contributed by atoms with E-state index >= 15 is 0 Å². The Kier molecular flexibility index (Phi) is 4.33. The zero-order chi connectivity index (χ0) is 11.1. The van der Waals surface area contributed by atoms with Gasteiger partial charge in [-0.1, -0.05) is 0 Å². The van der Waals surface area contributed by atoms with Crippen LogP contribution in [0.1, 0.15) is 13.3 Å². The van der Waals surface area contributed by atoms with E-state index in [4.69, 9.17) is 4.74 Å². The summed E-state index contributed by atoms with van der Waals surface area (Å²) in [6.07, 6.45) is 1.55. The molecule has 82 valence electrons. The van der Waals surface area contributed by atoms with Gasteiger partial charge in [0.15, 0.2) is 0 Å². The first kappa shape index (κ1) is 11.2. The number of ether oxygens (including phenoxy) is 1. The third-order valence-corrected chi connectivity index (χ3v) is 1.62. The molecule has 0 fully saturated rings. The Morgan fingerprint density at radius 2 is 2.47 bits per heavy atom. The van der Waals surface area contributed by atoms with Gasteiger partial charge in [0, 0.05) is 12.6 Å². The normalized spacial score (nSPS) is 9.67. The molecule has 0 aliphatic carbocycles. The molecule has 2 N–H and O–H groups in total. The number of anilines is 1. The van der Waals surface area contributed by atoms with E-state index in [0.29, 0.717) is 19.0 Å². The van der Waals surface area contributed by atoms with Crippen LogP contribution in [-0.2, 0) is 9.53 Å². The van der Waals surface area contributed by atoms with Gasteiger partial charge in [0.25, 0.3) is 5.56 Å². The molecule has 0 atom stereocenters. The average molecular weight is 211 g/mol. The molecule has 0 spiro atoms. The maximum atomic E-state index is 10.9. The van der Waals surface area contributed by atoms with E-state index in [1.54, 1.807) is 6.92 Å². The van der Waals surface area contributed by atoms with Gasteiger partial charge in [0.1, 0.15) is 5.82 Å². The van der Waals surface area contributed by atoms with Gasteiger partial charge in [-0.25, -0.2) is 4.98 Å². The molecule has 1 aromatic rings. The van der Waals surface area contributed by atoms with Crippen molar-refractivity contribution in [3.63, 3.8) is 0 Å². The molecule has 0 bridgehead atoms. The summed E-state index contributed by atoms with van der Waals surface area (Å²) in [7, 11) is 0. The van der Waals surface area contributed by atoms with Gasteiger partial charge in [-0.05, 0) is 6.92 Å². The Bertz CT molecular complexity index is 375. The largest absolute Gasteiger partial charge is 0.466 e. The average Bonchev–Trinajstić information content (AvgIpc) is 2.18. The topological polar surface area (TPSA) is 84.1 Å². The van der Waals surface area contributed by atoms with Crippen molar-refractivity contribution in [2.75, 3.05) is 18.5 Å². The minimum atomic E-state index is -0.269. The summed E-state index contributed by atoms with van der Waals surface area (Å²) in [6, 6.07) is 1.32. The van der Waals surface area contributed by atoms with E-state index in [1.807, 2.05) is 0 Å². The zero-order valence-electron chi connectivity index (χ0n) is 8.45. The smallest absolute Gasteiger partial charge is 0.307 e. The van der Waals surface area contributed by atoms with Crippen LogP contribution in [0.5, 0.6) is 0 Å². The first-order valence-electron chi connectivity index (χ1n) is 4.66. The number of H-pyrrole nitrogens is 1. The summed E-state index contributed by atoms with van der Waals surface area (Å²) in [5.74, 6) is 0.179. The van der Waals surface area contributed by atoms with E-state index < -0.39 is 0 Å². The highest BCUT2D eigenvalue weighted by molar-refractivity contribution is 5.69. The highest BCUT2D eigenvalue weighted by Crippen LogP contribution is 1.95. The molecular weight excluding hydrogens is 198 g/mol. The summed E-state index contributed by atoms with van der Waals surface area (Å²) < 4.78 is 4.74. The van der Waals surface area contributed by atoms with Gasteiger partial charge in [-0.15, -0.1) is 0 Å². The molecule has 1 aromatic heterocycles. The van der Waals surface area contributed by atoms with Crippen molar-refractivity contribution in [3.05, 3.63) is 22.7 Å². The summed E-state index contributed by atoms with van der Waals surface area (Å²) in [6.45, 7) is 2.53. The number of aromatic nitrogens is 2. The van der Waals surface area contributed by atoms with Crippen molar-refractivity contribution in [3.8, 4) is 0 Å². The Labute approximate surface area is 86.7 Å². The number of rotatable bonds is 5. The SMILES string of the molecule is CCOC(=O)CCNc1cc(=O)[nH]cn1. The Hall–Kier alpha value is -1.85. The molecule has 15 heavy (non-hydrogen) atoms. The Balaban J connectivity index is 2.32. The van der Waals surface area contributed by atoms with E-state index in [1.165, 1.54) is 12.4 Å². The second-order valence-corrected chi connectivity index (χ2v) is 2.78. The maximum absolute atomic E-state index is 10.9. The summed E-state index contributed by atoms with van der Waals surface area (Å²) in [5.41, 5.74) is -0.233. The predicted molar refractivity (Wildman–Crippen MR) is 54.6 cm³/mol. The second-order valence-electron chi connectivity index (χ2n) is 2.78. The number of esters is 1. The van der Waals surface area contributed by atoms with Crippen molar-refractivity contribution >= 4 is 11.8 Å². The molecule has 0 aromatic carbocycles. The summed E-state index contributed by atoms with van der Waals surface area (Å²) in [4.78, 5) is 28.1. The fourth-order valence-electron chi connectivity index (χ4n) is 0.991. The Morgan fingerprint density at radius 3 is 3.13 bits per heavy atom. The van der Waals surface area contributed by atoms with Crippen LogP contribution in [-0.4, -0.2) is 29.1 Å². The number of nitrogens with one attached hydrogen (secondary N) is 2. The summed E-state index contributed by atoms with van der Waals surface area (Å²) >= 11 is 0. The van der Waals surface area contributed by atoms with Gasteiger partial charge >= 0.3 is 5.97 Å². The third-order valence-electron chi connectivity index (χ3n) is 1.62. The van der Waals surface area contributed by atoms with Gasteiger partial charge < -0.3 is 15.0 Å². The number of aromatic amines is 1. The fraction of sp³-hybridized carbons (Fsp3) is 0.444. The van der Waals surface area contributed by atoms with Crippen molar-refractivity contribution in [1.29, 1.82) is 0 Å². The van der Waals surface area contributed by atoms with Crippen molar-refractivity contribution < 1.29 is 9.53 Å². The number of nitrogens with zero attached hydrogens (tertiary/aromatic N) is 1. The molecule has 1 heterocycles. The molecule has 0 saturated carbocycles. The second kappa shape index (κ2) is 5.79. The molecular formula is C9H13N3O3. The molecule has 0 unspecified atom stereocenters. The zero-order valence-corrected chi connectivity index (χ0v) is 8.45. The highest BCUT2D eigenvalue weighted by Gasteiger charge is 2.01. The lowest BCUT2D eigenvalue weighted by molar-refractivity contribution is -0.142. The van der Waals surface area contributed by atoms with Crippen LogP contribution in [0.25, 0.3) is 0 Å². The van der Waals surface area contributed by atoms with Crippen LogP contribution in [0.4, 0.5) is 5.82 Å². The van der Waals surface area contributed by atoms with Crippen LogP contribution in [0.3, 0.4) is 0 Å². The maximum Gasteiger partial charge on any atom is 0.307 e. The van der Waals surface area contributed by atoms with Gasteiger partial charge in [-0.3, -0.25) is 9.59 Å². The van der Waals surface area contributed by atoms with Crippen molar-refractivity contribution in [2.45, 2.75) is 13.3 Å². The minimum Gasteiger partial charge on any atom is -0.466 e. The standard InChI is InChI=1S/C9H13N3O3/c1-2-15-9(14)3-4-10-7-5-8(13)12-6-11-7/h5-6H,2-4H2,1H3,(H2,10,11,12,13). The number of carbonyl (C=O) groups is 1. The van der Waals surface area contributed by atoms with E-state index in [0.717, 1.165) is 0 Å². The lowest BCUT2D eigenvalue weighted by Crippen LogP contribution is -2.14. The first-order valence-corrected chi connectivity index (χ1v) is 4.66. The molecule has 0 aliphatic heterocycles. The minimum absolute atomic E-state index is 0.233. The molecule has 0 radical (unpaired) electrons. The van der Waals surface area contributed by atoms with Gasteiger partial charge in [0.05, 0.1) is 19.4 Å². The van der Waals surface area contributed by atoms with Crippen LogP contribution in [0, 0.1) is 0 Å². The van der Waals surface area contributed by atoms with E-state index in [9.17, 15) is 9.59 Å². The molecule has 6 nitrogen and oxygen atoms in total.